The number of halogens is 1. The van der Waals surface area contributed by atoms with Crippen molar-refractivity contribution in [3.05, 3.63) is 65.3 Å². The van der Waals surface area contributed by atoms with Crippen LogP contribution >= 0.6 is 11.6 Å². The van der Waals surface area contributed by atoms with Crippen molar-refractivity contribution < 1.29 is 4.74 Å². The highest BCUT2D eigenvalue weighted by molar-refractivity contribution is 6.32. The molecule has 4 heteroatoms. The van der Waals surface area contributed by atoms with Crippen LogP contribution in [0.4, 0.5) is 0 Å². The molecule has 3 nitrogen and oxygen atoms in total. The standard InChI is InChI=1S/C16H13ClN2O/c17-15-13(10-18)7-8-19-16(15)20-14-6-5-11-3-1-2-4-12(11)9-14/h1-9H,10,18H2. The van der Waals surface area contributed by atoms with Gasteiger partial charge in [-0.1, -0.05) is 41.9 Å². The summed E-state index contributed by atoms with van der Waals surface area (Å²) in [4.78, 5) is 4.15. The molecule has 0 saturated carbocycles. The molecule has 0 bridgehead atoms. The third-order valence-corrected chi connectivity index (χ3v) is 3.50. The highest BCUT2D eigenvalue weighted by atomic mass is 35.5. The Bertz CT molecular complexity index is 758. The summed E-state index contributed by atoms with van der Waals surface area (Å²) >= 11 is 6.21. The number of rotatable bonds is 3. The fourth-order valence-electron chi connectivity index (χ4n) is 2.03. The largest absolute Gasteiger partial charge is 0.438 e. The summed E-state index contributed by atoms with van der Waals surface area (Å²) in [7, 11) is 0. The van der Waals surface area contributed by atoms with Crippen molar-refractivity contribution in [2.24, 2.45) is 5.73 Å². The molecule has 20 heavy (non-hydrogen) atoms. The number of hydrogen-bond acceptors (Lipinski definition) is 3. The summed E-state index contributed by atoms with van der Waals surface area (Å²) in [5, 5.41) is 2.73. The van der Waals surface area contributed by atoms with Crippen LogP contribution in [0.2, 0.25) is 5.02 Å². The average molecular weight is 285 g/mol. The van der Waals surface area contributed by atoms with Crippen LogP contribution in [0.25, 0.3) is 10.8 Å². The molecule has 0 aliphatic rings. The lowest BCUT2D eigenvalue weighted by Gasteiger charge is -2.09. The minimum absolute atomic E-state index is 0.357. The van der Waals surface area contributed by atoms with Crippen LogP contribution in [0.3, 0.4) is 0 Å². The van der Waals surface area contributed by atoms with E-state index in [9.17, 15) is 0 Å². The maximum absolute atomic E-state index is 6.21. The van der Waals surface area contributed by atoms with E-state index in [1.807, 2.05) is 36.4 Å². The Kier molecular flexibility index (Phi) is 3.54. The Labute approximate surface area is 122 Å². The van der Waals surface area contributed by atoms with Crippen LogP contribution in [0, 0.1) is 0 Å². The molecule has 100 valence electrons. The first-order valence-corrected chi connectivity index (χ1v) is 6.66. The van der Waals surface area contributed by atoms with Gasteiger partial charge < -0.3 is 10.5 Å². The minimum Gasteiger partial charge on any atom is -0.438 e. The Hall–Kier alpha value is -2.10. The molecule has 0 aliphatic heterocycles. The van der Waals surface area contributed by atoms with E-state index in [1.165, 1.54) is 0 Å². The van der Waals surface area contributed by atoms with Gasteiger partial charge in [0.25, 0.3) is 0 Å². The summed E-state index contributed by atoms with van der Waals surface area (Å²) in [6.07, 6.45) is 1.64. The lowest BCUT2D eigenvalue weighted by atomic mass is 10.1. The van der Waals surface area contributed by atoms with E-state index in [0.29, 0.717) is 23.2 Å². The van der Waals surface area contributed by atoms with Crippen LogP contribution in [0.1, 0.15) is 5.56 Å². The summed E-state index contributed by atoms with van der Waals surface area (Å²) < 4.78 is 5.76. The van der Waals surface area contributed by atoms with Gasteiger partial charge in [0.05, 0.1) is 0 Å². The van der Waals surface area contributed by atoms with Gasteiger partial charge in [0.2, 0.25) is 5.88 Å². The van der Waals surface area contributed by atoms with Gasteiger partial charge in [0.1, 0.15) is 10.8 Å². The molecule has 3 rings (SSSR count). The summed E-state index contributed by atoms with van der Waals surface area (Å²) in [5.74, 6) is 1.08. The molecule has 0 aliphatic carbocycles. The van der Waals surface area contributed by atoms with E-state index in [1.54, 1.807) is 12.3 Å². The fraction of sp³-hybridized carbons (Fsp3) is 0.0625. The number of hydrogen-bond donors (Lipinski definition) is 1. The van der Waals surface area contributed by atoms with Crippen LogP contribution in [0.15, 0.2) is 54.7 Å². The zero-order chi connectivity index (χ0) is 13.9. The van der Waals surface area contributed by atoms with Crippen molar-refractivity contribution in [2.75, 3.05) is 0 Å². The number of aromatic nitrogens is 1. The van der Waals surface area contributed by atoms with E-state index >= 15 is 0 Å². The Morgan fingerprint density at radius 3 is 2.65 bits per heavy atom. The van der Waals surface area contributed by atoms with Crippen molar-refractivity contribution in [3.8, 4) is 11.6 Å². The van der Waals surface area contributed by atoms with Gasteiger partial charge in [0.15, 0.2) is 0 Å². The third-order valence-electron chi connectivity index (χ3n) is 3.09. The maximum Gasteiger partial charge on any atom is 0.238 e. The van der Waals surface area contributed by atoms with Crippen LogP contribution in [-0.4, -0.2) is 4.98 Å². The first kappa shape index (κ1) is 12.9. The van der Waals surface area contributed by atoms with Gasteiger partial charge in [-0.2, -0.15) is 0 Å². The fourth-order valence-corrected chi connectivity index (χ4v) is 2.26. The van der Waals surface area contributed by atoms with Gasteiger partial charge in [-0.15, -0.1) is 0 Å². The van der Waals surface area contributed by atoms with Gasteiger partial charge in [-0.25, -0.2) is 4.98 Å². The summed E-state index contributed by atoms with van der Waals surface area (Å²) in [6, 6.07) is 15.7. The lowest BCUT2D eigenvalue weighted by molar-refractivity contribution is 0.463. The molecule has 0 saturated heterocycles. The van der Waals surface area contributed by atoms with Gasteiger partial charge >= 0.3 is 0 Å². The highest BCUT2D eigenvalue weighted by Gasteiger charge is 2.09. The number of fused-ring (bicyclic) bond motifs is 1. The van der Waals surface area contributed by atoms with Crippen molar-refractivity contribution in [3.63, 3.8) is 0 Å². The van der Waals surface area contributed by atoms with Crippen LogP contribution in [0.5, 0.6) is 11.6 Å². The van der Waals surface area contributed by atoms with Crippen molar-refractivity contribution in [1.82, 2.24) is 4.98 Å². The number of benzene rings is 2. The molecule has 0 fully saturated rings. The second kappa shape index (κ2) is 5.49. The van der Waals surface area contributed by atoms with Crippen molar-refractivity contribution >= 4 is 22.4 Å². The van der Waals surface area contributed by atoms with Crippen molar-refractivity contribution in [2.45, 2.75) is 6.54 Å². The molecule has 3 aromatic rings. The summed E-state index contributed by atoms with van der Waals surface area (Å²) in [5.41, 5.74) is 6.44. The quantitative estimate of drug-likeness (QED) is 0.786. The molecule has 0 spiro atoms. The Balaban J connectivity index is 1.97. The Morgan fingerprint density at radius 1 is 1.05 bits per heavy atom. The number of pyridine rings is 1. The molecule has 0 unspecified atom stereocenters. The summed E-state index contributed by atoms with van der Waals surface area (Å²) in [6.45, 7) is 0.357. The molecule has 2 N–H and O–H groups in total. The van der Waals surface area contributed by atoms with Gasteiger partial charge in [0, 0.05) is 12.7 Å². The molecule has 0 radical (unpaired) electrons. The SMILES string of the molecule is NCc1ccnc(Oc2ccc3ccccc3c2)c1Cl. The number of nitrogens with two attached hydrogens (primary N) is 1. The second-order valence-electron chi connectivity index (χ2n) is 4.40. The second-order valence-corrected chi connectivity index (χ2v) is 4.78. The first-order valence-electron chi connectivity index (χ1n) is 6.28. The van der Waals surface area contributed by atoms with Gasteiger partial charge in [-0.3, -0.25) is 0 Å². The topological polar surface area (TPSA) is 48.1 Å². The molecule has 0 atom stereocenters. The molecule has 1 aromatic heterocycles. The highest BCUT2D eigenvalue weighted by Crippen LogP contribution is 2.31. The molecule has 0 amide bonds. The molecule has 2 aromatic carbocycles. The van der Waals surface area contributed by atoms with Crippen LogP contribution < -0.4 is 10.5 Å². The van der Waals surface area contributed by atoms with E-state index < -0.39 is 0 Å². The predicted octanol–water partition coefficient (Wildman–Crippen LogP) is 4.14. The zero-order valence-electron chi connectivity index (χ0n) is 10.7. The van der Waals surface area contributed by atoms with E-state index in [2.05, 4.69) is 11.1 Å². The maximum atomic E-state index is 6.21. The third kappa shape index (κ3) is 2.46. The van der Waals surface area contributed by atoms with E-state index in [4.69, 9.17) is 22.1 Å². The van der Waals surface area contributed by atoms with E-state index in [-0.39, 0.29) is 0 Å². The normalized spacial score (nSPS) is 10.7. The van der Waals surface area contributed by atoms with Crippen molar-refractivity contribution in [1.29, 1.82) is 0 Å². The van der Waals surface area contributed by atoms with Crippen LogP contribution in [-0.2, 0) is 6.54 Å². The zero-order valence-corrected chi connectivity index (χ0v) is 11.5. The van der Waals surface area contributed by atoms with E-state index in [0.717, 1.165) is 16.3 Å². The smallest absolute Gasteiger partial charge is 0.238 e. The molecular weight excluding hydrogens is 272 g/mol. The first-order chi connectivity index (χ1) is 9.78. The van der Waals surface area contributed by atoms with Gasteiger partial charge in [-0.05, 0) is 34.5 Å². The molecular formula is C16H13ClN2O. The number of ether oxygens (including phenoxy) is 1. The minimum atomic E-state index is 0.357. The number of nitrogens with zero attached hydrogens (tertiary/aromatic N) is 1. The Morgan fingerprint density at radius 2 is 1.85 bits per heavy atom. The average Bonchev–Trinajstić information content (AvgIpc) is 2.49. The lowest BCUT2D eigenvalue weighted by Crippen LogP contribution is -1.99. The predicted molar refractivity (Wildman–Crippen MR) is 81.2 cm³/mol. The monoisotopic (exact) mass is 284 g/mol. The molecule has 1 heterocycles.